The van der Waals surface area contributed by atoms with E-state index in [2.05, 4.69) is 15.4 Å². The van der Waals surface area contributed by atoms with E-state index >= 15 is 0 Å². The van der Waals surface area contributed by atoms with E-state index in [-0.39, 0.29) is 25.3 Å². The molecule has 20 heavy (non-hydrogen) atoms. The first-order chi connectivity index (χ1) is 9.54. The molecule has 0 aliphatic heterocycles. The lowest BCUT2D eigenvalue weighted by atomic mass is 10.3. The van der Waals surface area contributed by atoms with Crippen LogP contribution in [0.2, 0.25) is 0 Å². The molecule has 1 rings (SSSR count). The molecule has 0 radical (unpaired) electrons. The van der Waals surface area contributed by atoms with Crippen LogP contribution < -0.4 is 10.6 Å². The quantitative estimate of drug-likeness (QED) is 0.598. The summed E-state index contributed by atoms with van der Waals surface area (Å²) < 4.78 is 9.55. The molecule has 1 heterocycles. The summed E-state index contributed by atoms with van der Waals surface area (Å²) in [5.41, 5.74) is 0. The zero-order valence-electron chi connectivity index (χ0n) is 10.9. The number of ether oxygens (including phenoxy) is 1. The molecule has 3 N–H and O–H groups in total. The highest BCUT2D eigenvalue weighted by Gasteiger charge is 2.19. The van der Waals surface area contributed by atoms with Crippen molar-refractivity contribution in [1.29, 1.82) is 0 Å². The lowest BCUT2D eigenvalue weighted by molar-refractivity contribution is -0.143. The third-order valence-corrected chi connectivity index (χ3v) is 2.35. The Labute approximate surface area is 115 Å². The first-order valence-corrected chi connectivity index (χ1v) is 5.87. The third kappa shape index (κ3) is 5.11. The van der Waals surface area contributed by atoms with Crippen LogP contribution in [-0.2, 0) is 14.3 Å². The van der Waals surface area contributed by atoms with Crippen molar-refractivity contribution in [2.75, 3.05) is 20.3 Å². The fourth-order valence-corrected chi connectivity index (χ4v) is 1.39. The Morgan fingerprint density at radius 3 is 2.75 bits per heavy atom. The van der Waals surface area contributed by atoms with E-state index in [0.29, 0.717) is 0 Å². The summed E-state index contributed by atoms with van der Waals surface area (Å²) in [5, 5.41) is 13.6. The molecular formula is C12H16N2O6. The number of carbonyl (C=O) groups excluding carboxylic acids is 2. The highest BCUT2D eigenvalue weighted by molar-refractivity contribution is 5.91. The number of rotatable bonds is 8. The summed E-state index contributed by atoms with van der Waals surface area (Å²) in [7, 11) is 1.34. The van der Waals surface area contributed by atoms with Crippen LogP contribution in [0.1, 0.15) is 17.0 Å². The van der Waals surface area contributed by atoms with Crippen LogP contribution in [0.4, 0.5) is 0 Å². The van der Waals surface area contributed by atoms with Gasteiger partial charge in [-0.25, -0.2) is 4.79 Å². The van der Waals surface area contributed by atoms with Crippen LogP contribution in [0.25, 0.3) is 0 Å². The van der Waals surface area contributed by atoms with Crippen LogP contribution in [0.5, 0.6) is 0 Å². The van der Waals surface area contributed by atoms with E-state index in [1.807, 2.05) is 0 Å². The van der Waals surface area contributed by atoms with Crippen molar-refractivity contribution in [3.8, 4) is 0 Å². The number of aliphatic carboxylic acids is 1. The van der Waals surface area contributed by atoms with Gasteiger partial charge < -0.3 is 24.9 Å². The Bertz CT molecular complexity index is 457. The SMILES string of the molecule is COCC(NC(=O)CCNC(=O)c1ccco1)C(=O)O. The molecule has 1 aromatic rings. The number of hydrogen-bond donors (Lipinski definition) is 3. The molecule has 0 saturated carbocycles. The van der Waals surface area contributed by atoms with Crippen molar-refractivity contribution in [2.45, 2.75) is 12.5 Å². The van der Waals surface area contributed by atoms with E-state index in [0.717, 1.165) is 0 Å². The lowest BCUT2D eigenvalue weighted by Crippen LogP contribution is -2.44. The van der Waals surface area contributed by atoms with Crippen molar-refractivity contribution < 1.29 is 28.6 Å². The number of nitrogens with one attached hydrogen (secondary N) is 2. The lowest BCUT2D eigenvalue weighted by Gasteiger charge is -2.13. The van der Waals surface area contributed by atoms with Gasteiger partial charge in [-0.05, 0) is 12.1 Å². The average molecular weight is 284 g/mol. The van der Waals surface area contributed by atoms with Gasteiger partial charge >= 0.3 is 5.97 Å². The molecule has 8 heteroatoms. The van der Waals surface area contributed by atoms with E-state index < -0.39 is 23.8 Å². The van der Waals surface area contributed by atoms with Gasteiger partial charge in [0.2, 0.25) is 5.91 Å². The number of carbonyl (C=O) groups is 3. The first-order valence-electron chi connectivity index (χ1n) is 5.87. The highest BCUT2D eigenvalue weighted by atomic mass is 16.5. The van der Waals surface area contributed by atoms with Crippen LogP contribution in [-0.4, -0.2) is 49.2 Å². The van der Waals surface area contributed by atoms with E-state index in [1.54, 1.807) is 6.07 Å². The van der Waals surface area contributed by atoms with Crippen molar-refractivity contribution in [1.82, 2.24) is 10.6 Å². The molecule has 0 aliphatic rings. The Hall–Kier alpha value is -2.35. The van der Waals surface area contributed by atoms with E-state index in [9.17, 15) is 14.4 Å². The van der Waals surface area contributed by atoms with Gasteiger partial charge in [-0.2, -0.15) is 0 Å². The Morgan fingerprint density at radius 2 is 2.20 bits per heavy atom. The highest BCUT2D eigenvalue weighted by Crippen LogP contribution is 1.98. The molecule has 0 aliphatic carbocycles. The molecule has 110 valence electrons. The molecule has 0 saturated heterocycles. The van der Waals surface area contributed by atoms with E-state index in [4.69, 9.17) is 9.52 Å². The number of carboxylic acid groups (broad SMARTS) is 1. The molecule has 0 aromatic carbocycles. The Morgan fingerprint density at radius 1 is 1.45 bits per heavy atom. The molecular weight excluding hydrogens is 268 g/mol. The molecule has 0 fully saturated rings. The number of furan rings is 1. The maximum absolute atomic E-state index is 11.5. The van der Waals surface area contributed by atoms with Gasteiger partial charge in [0.15, 0.2) is 11.8 Å². The summed E-state index contributed by atoms with van der Waals surface area (Å²) in [6.07, 6.45) is 1.32. The molecule has 8 nitrogen and oxygen atoms in total. The maximum atomic E-state index is 11.5. The number of carboxylic acids is 1. The normalized spacial score (nSPS) is 11.7. The molecule has 0 bridgehead atoms. The maximum Gasteiger partial charge on any atom is 0.328 e. The number of amides is 2. The van der Waals surface area contributed by atoms with Gasteiger partial charge in [-0.1, -0.05) is 0 Å². The number of hydrogen-bond acceptors (Lipinski definition) is 5. The van der Waals surface area contributed by atoms with E-state index in [1.165, 1.54) is 19.4 Å². The summed E-state index contributed by atoms with van der Waals surface area (Å²) in [5.74, 6) is -1.96. The third-order valence-electron chi connectivity index (χ3n) is 2.35. The van der Waals surface area contributed by atoms with Gasteiger partial charge in [0.25, 0.3) is 5.91 Å². The smallest absolute Gasteiger partial charge is 0.328 e. The molecule has 1 aromatic heterocycles. The monoisotopic (exact) mass is 284 g/mol. The van der Waals surface area contributed by atoms with Gasteiger partial charge in [0.1, 0.15) is 0 Å². The molecule has 1 atom stereocenters. The first kappa shape index (κ1) is 15.7. The summed E-state index contributed by atoms with van der Waals surface area (Å²) in [6.45, 7) is -0.0511. The van der Waals surface area contributed by atoms with Gasteiger partial charge in [0.05, 0.1) is 12.9 Å². The topological polar surface area (TPSA) is 118 Å². The standard InChI is InChI=1S/C12H16N2O6/c1-19-7-8(12(17)18)14-10(15)4-5-13-11(16)9-3-2-6-20-9/h2-3,6,8H,4-5,7H2,1H3,(H,13,16)(H,14,15)(H,17,18). The Balaban J connectivity index is 2.29. The van der Waals surface area contributed by atoms with Gasteiger partial charge in [0, 0.05) is 20.1 Å². The Kier molecular flexibility index (Phi) is 6.24. The molecule has 2 amide bonds. The summed E-state index contributed by atoms with van der Waals surface area (Å²) >= 11 is 0. The second-order valence-electron chi connectivity index (χ2n) is 3.90. The predicted octanol–water partition coefficient (Wildman–Crippen LogP) is -0.385. The van der Waals surface area contributed by atoms with Crippen molar-refractivity contribution >= 4 is 17.8 Å². The zero-order valence-corrected chi connectivity index (χ0v) is 10.9. The minimum atomic E-state index is -1.18. The molecule has 0 spiro atoms. The van der Waals surface area contributed by atoms with Crippen LogP contribution >= 0.6 is 0 Å². The fraction of sp³-hybridized carbons (Fsp3) is 0.417. The largest absolute Gasteiger partial charge is 0.480 e. The van der Waals surface area contributed by atoms with Crippen LogP contribution in [0, 0.1) is 0 Å². The minimum absolute atomic E-state index is 0.0417. The van der Waals surface area contributed by atoms with Crippen molar-refractivity contribution in [2.24, 2.45) is 0 Å². The second kappa shape index (κ2) is 7.95. The molecule has 1 unspecified atom stereocenters. The van der Waals surface area contributed by atoms with Crippen LogP contribution in [0.15, 0.2) is 22.8 Å². The average Bonchev–Trinajstić information content (AvgIpc) is 2.91. The van der Waals surface area contributed by atoms with Crippen molar-refractivity contribution in [3.05, 3.63) is 24.2 Å². The minimum Gasteiger partial charge on any atom is -0.480 e. The second-order valence-corrected chi connectivity index (χ2v) is 3.90. The van der Waals surface area contributed by atoms with Gasteiger partial charge in [-0.3, -0.25) is 9.59 Å². The summed E-state index contributed by atoms with van der Waals surface area (Å²) in [6, 6.07) is 1.96. The zero-order chi connectivity index (χ0) is 15.0. The summed E-state index contributed by atoms with van der Waals surface area (Å²) in [4.78, 5) is 33.8. The van der Waals surface area contributed by atoms with Crippen LogP contribution in [0.3, 0.4) is 0 Å². The van der Waals surface area contributed by atoms with Gasteiger partial charge in [-0.15, -0.1) is 0 Å². The number of methoxy groups -OCH3 is 1. The van der Waals surface area contributed by atoms with Crippen molar-refractivity contribution in [3.63, 3.8) is 0 Å². The predicted molar refractivity (Wildman–Crippen MR) is 67.1 cm³/mol. The fourth-order valence-electron chi connectivity index (χ4n) is 1.39.